The third-order valence-corrected chi connectivity index (χ3v) is 2.65. The fourth-order valence-electron chi connectivity index (χ4n) is 1.53. The van der Waals surface area contributed by atoms with Gasteiger partial charge in [0.15, 0.2) is 11.6 Å². The third kappa shape index (κ3) is 2.88. The molecule has 0 aliphatic rings. The van der Waals surface area contributed by atoms with Gasteiger partial charge in [-0.3, -0.25) is 4.79 Å². The summed E-state index contributed by atoms with van der Waals surface area (Å²) in [6.45, 7) is 1.70. The van der Waals surface area contributed by atoms with E-state index in [0.717, 1.165) is 12.1 Å². The third-order valence-electron chi connectivity index (χ3n) is 2.65. The van der Waals surface area contributed by atoms with Crippen LogP contribution in [0.5, 0.6) is 5.75 Å². The van der Waals surface area contributed by atoms with Gasteiger partial charge in [0.1, 0.15) is 5.75 Å². The number of phenolic OH excluding ortho intramolecular Hbond substituents is 1. The van der Waals surface area contributed by atoms with Crippen molar-refractivity contribution in [3.05, 3.63) is 59.2 Å². The van der Waals surface area contributed by atoms with E-state index < -0.39 is 17.5 Å². The second-order valence-electron chi connectivity index (χ2n) is 4.08. The zero-order chi connectivity index (χ0) is 14.0. The van der Waals surface area contributed by atoms with Gasteiger partial charge in [0, 0.05) is 17.3 Å². The molecule has 0 unspecified atom stereocenters. The van der Waals surface area contributed by atoms with E-state index in [0.29, 0.717) is 5.56 Å². The van der Waals surface area contributed by atoms with Crippen LogP contribution in [0.25, 0.3) is 0 Å². The van der Waals surface area contributed by atoms with Crippen molar-refractivity contribution < 1.29 is 18.7 Å². The largest absolute Gasteiger partial charge is 0.508 e. The van der Waals surface area contributed by atoms with Crippen LogP contribution in [0.1, 0.15) is 15.9 Å². The minimum atomic E-state index is -1.04. The highest BCUT2D eigenvalue weighted by Crippen LogP contribution is 2.19. The van der Waals surface area contributed by atoms with Gasteiger partial charge in [0.05, 0.1) is 0 Å². The van der Waals surface area contributed by atoms with Gasteiger partial charge < -0.3 is 10.4 Å². The number of anilines is 1. The molecule has 0 atom stereocenters. The molecule has 0 spiro atoms. The number of aryl methyl sites for hydroxylation is 1. The van der Waals surface area contributed by atoms with Crippen LogP contribution >= 0.6 is 0 Å². The summed E-state index contributed by atoms with van der Waals surface area (Å²) >= 11 is 0. The van der Waals surface area contributed by atoms with E-state index in [1.807, 2.05) is 0 Å². The van der Waals surface area contributed by atoms with Crippen LogP contribution in [0.15, 0.2) is 36.4 Å². The molecule has 5 heteroatoms. The van der Waals surface area contributed by atoms with Crippen molar-refractivity contribution in [1.82, 2.24) is 0 Å². The van der Waals surface area contributed by atoms with E-state index in [4.69, 9.17) is 0 Å². The number of carbonyl (C=O) groups is 1. The van der Waals surface area contributed by atoms with Crippen LogP contribution in [0.3, 0.4) is 0 Å². The number of phenols is 1. The lowest BCUT2D eigenvalue weighted by Crippen LogP contribution is -2.12. The van der Waals surface area contributed by atoms with E-state index in [1.54, 1.807) is 13.0 Å². The minimum Gasteiger partial charge on any atom is -0.508 e. The molecule has 0 aromatic heterocycles. The zero-order valence-electron chi connectivity index (χ0n) is 10.1. The molecule has 1 amide bonds. The summed E-state index contributed by atoms with van der Waals surface area (Å²) in [7, 11) is 0. The molecule has 19 heavy (non-hydrogen) atoms. The molecular weight excluding hydrogens is 252 g/mol. The van der Waals surface area contributed by atoms with Gasteiger partial charge in [-0.2, -0.15) is 0 Å². The Labute approximate surface area is 108 Å². The van der Waals surface area contributed by atoms with Gasteiger partial charge in [0.25, 0.3) is 5.91 Å². The first-order valence-corrected chi connectivity index (χ1v) is 5.53. The Morgan fingerprint density at radius 1 is 1.11 bits per heavy atom. The highest BCUT2D eigenvalue weighted by Gasteiger charge is 2.09. The Kier molecular flexibility index (Phi) is 3.46. The monoisotopic (exact) mass is 263 g/mol. The first-order chi connectivity index (χ1) is 8.97. The molecule has 3 nitrogen and oxygen atoms in total. The lowest BCUT2D eigenvalue weighted by Gasteiger charge is -2.07. The van der Waals surface area contributed by atoms with Crippen molar-refractivity contribution in [1.29, 1.82) is 0 Å². The number of benzene rings is 2. The van der Waals surface area contributed by atoms with Crippen molar-refractivity contribution in [2.45, 2.75) is 6.92 Å². The van der Waals surface area contributed by atoms with Gasteiger partial charge in [0.2, 0.25) is 0 Å². The van der Waals surface area contributed by atoms with Crippen LogP contribution in [0.2, 0.25) is 0 Å². The van der Waals surface area contributed by atoms with E-state index in [1.165, 1.54) is 18.2 Å². The Hall–Kier alpha value is -2.43. The van der Waals surface area contributed by atoms with E-state index >= 15 is 0 Å². The molecule has 0 aliphatic heterocycles. The number of aromatic hydroxyl groups is 1. The highest BCUT2D eigenvalue weighted by atomic mass is 19.2. The number of rotatable bonds is 2. The van der Waals surface area contributed by atoms with Gasteiger partial charge in [-0.05, 0) is 36.8 Å². The van der Waals surface area contributed by atoms with Gasteiger partial charge in [-0.1, -0.05) is 6.07 Å². The fraction of sp³-hybridized carbons (Fsp3) is 0.0714. The minimum absolute atomic E-state index is 0.00191. The molecule has 2 aromatic carbocycles. The number of halogens is 2. The Balaban J connectivity index is 2.20. The summed E-state index contributed by atoms with van der Waals surface area (Å²) in [5.41, 5.74) is 1.01. The molecule has 0 saturated heterocycles. The maximum atomic E-state index is 13.0. The summed E-state index contributed by atoms with van der Waals surface area (Å²) < 4.78 is 25.7. The molecule has 2 N–H and O–H groups in total. The lowest BCUT2D eigenvalue weighted by molar-refractivity contribution is 0.102. The molecule has 0 fully saturated rings. The fourth-order valence-corrected chi connectivity index (χ4v) is 1.53. The Morgan fingerprint density at radius 2 is 1.84 bits per heavy atom. The smallest absolute Gasteiger partial charge is 0.255 e. The molecule has 2 aromatic rings. The number of carbonyl (C=O) groups excluding carboxylic acids is 1. The van der Waals surface area contributed by atoms with Crippen molar-refractivity contribution in [3.8, 4) is 5.75 Å². The van der Waals surface area contributed by atoms with Crippen molar-refractivity contribution >= 4 is 11.6 Å². The molecule has 0 heterocycles. The normalized spacial score (nSPS) is 10.3. The van der Waals surface area contributed by atoms with Crippen molar-refractivity contribution in [3.63, 3.8) is 0 Å². The molecule has 0 aliphatic carbocycles. The quantitative estimate of drug-likeness (QED) is 0.873. The molecule has 0 radical (unpaired) electrons. The Bertz CT molecular complexity index is 641. The maximum absolute atomic E-state index is 13.0. The van der Waals surface area contributed by atoms with Gasteiger partial charge in [-0.15, -0.1) is 0 Å². The maximum Gasteiger partial charge on any atom is 0.255 e. The molecule has 2 rings (SSSR count). The summed E-state index contributed by atoms with van der Waals surface area (Å²) in [4.78, 5) is 11.8. The van der Waals surface area contributed by atoms with Crippen LogP contribution in [0.4, 0.5) is 14.5 Å². The average Bonchev–Trinajstić information content (AvgIpc) is 2.37. The average molecular weight is 263 g/mol. The lowest BCUT2D eigenvalue weighted by atomic mass is 10.1. The number of hydrogen-bond acceptors (Lipinski definition) is 2. The first-order valence-electron chi connectivity index (χ1n) is 5.53. The second kappa shape index (κ2) is 5.06. The number of nitrogens with one attached hydrogen (secondary N) is 1. The van der Waals surface area contributed by atoms with E-state index in [-0.39, 0.29) is 17.0 Å². The standard InChI is InChI=1S/C14H11F2NO2/c1-8-2-3-9(6-13(8)18)14(19)17-10-4-5-11(15)12(16)7-10/h2-7,18H,1H3,(H,17,19). The molecule has 98 valence electrons. The predicted octanol–water partition coefficient (Wildman–Crippen LogP) is 3.23. The van der Waals surface area contributed by atoms with Crippen molar-refractivity contribution in [2.75, 3.05) is 5.32 Å². The van der Waals surface area contributed by atoms with Crippen molar-refractivity contribution in [2.24, 2.45) is 0 Å². The number of amides is 1. The Morgan fingerprint density at radius 3 is 2.47 bits per heavy atom. The predicted molar refractivity (Wildman–Crippen MR) is 67.2 cm³/mol. The number of hydrogen-bond donors (Lipinski definition) is 2. The molecule has 0 bridgehead atoms. The SMILES string of the molecule is Cc1ccc(C(=O)Nc2ccc(F)c(F)c2)cc1O. The molecular formula is C14H11F2NO2. The van der Waals surface area contributed by atoms with Crippen LogP contribution < -0.4 is 5.32 Å². The van der Waals surface area contributed by atoms with Crippen LogP contribution in [0, 0.1) is 18.6 Å². The summed E-state index contributed by atoms with van der Waals surface area (Å²) in [6.07, 6.45) is 0. The van der Waals surface area contributed by atoms with E-state index in [9.17, 15) is 18.7 Å². The zero-order valence-corrected chi connectivity index (χ0v) is 10.1. The first kappa shape index (κ1) is 13.0. The summed E-state index contributed by atoms with van der Waals surface area (Å²) in [6, 6.07) is 7.51. The summed E-state index contributed by atoms with van der Waals surface area (Å²) in [5, 5.41) is 11.9. The van der Waals surface area contributed by atoms with Crippen LogP contribution in [-0.4, -0.2) is 11.0 Å². The topological polar surface area (TPSA) is 49.3 Å². The highest BCUT2D eigenvalue weighted by molar-refractivity contribution is 6.04. The molecule has 0 saturated carbocycles. The van der Waals surface area contributed by atoms with Gasteiger partial charge in [-0.25, -0.2) is 8.78 Å². The van der Waals surface area contributed by atoms with Gasteiger partial charge >= 0.3 is 0 Å². The second-order valence-corrected chi connectivity index (χ2v) is 4.08. The van der Waals surface area contributed by atoms with Crippen LogP contribution in [-0.2, 0) is 0 Å². The van der Waals surface area contributed by atoms with E-state index in [2.05, 4.69) is 5.32 Å². The summed E-state index contributed by atoms with van der Waals surface area (Å²) in [5.74, 6) is -2.53.